The van der Waals surface area contributed by atoms with Crippen LogP contribution in [0.15, 0.2) is 54.6 Å². The lowest BCUT2D eigenvalue weighted by Gasteiger charge is -2.14. The van der Waals surface area contributed by atoms with Crippen LogP contribution >= 0.6 is 0 Å². The van der Waals surface area contributed by atoms with Crippen LogP contribution in [0.2, 0.25) is 0 Å². The molecule has 2 aromatic carbocycles. The highest BCUT2D eigenvalue weighted by Gasteiger charge is 2.09. The first-order valence-corrected chi connectivity index (χ1v) is 16.7. The SMILES string of the molecule is CC=C/C(=C/c1ccc(OCCCCCCCCCC)c(OCCCCCCCCCC)c1)c1cccc(C(=O)O)c1. The fraction of sp³-hybridized carbons (Fsp3) is 0.553. The van der Waals surface area contributed by atoms with Crippen LogP contribution in [0.1, 0.15) is 145 Å². The van der Waals surface area contributed by atoms with Crippen molar-refractivity contribution in [3.8, 4) is 11.5 Å². The van der Waals surface area contributed by atoms with E-state index in [1.807, 2.05) is 31.2 Å². The van der Waals surface area contributed by atoms with Gasteiger partial charge in [0.05, 0.1) is 18.8 Å². The van der Waals surface area contributed by atoms with E-state index in [1.54, 1.807) is 18.2 Å². The van der Waals surface area contributed by atoms with Crippen LogP contribution < -0.4 is 9.47 Å². The van der Waals surface area contributed by atoms with Gasteiger partial charge >= 0.3 is 5.97 Å². The maximum Gasteiger partial charge on any atom is 0.335 e. The van der Waals surface area contributed by atoms with Gasteiger partial charge < -0.3 is 14.6 Å². The zero-order valence-corrected chi connectivity index (χ0v) is 26.7. The van der Waals surface area contributed by atoms with E-state index in [-0.39, 0.29) is 5.56 Å². The predicted molar refractivity (Wildman–Crippen MR) is 179 cm³/mol. The fourth-order valence-corrected chi connectivity index (χ4v) is 5.10. The number of carboxylic acids is 1. The number of hydrogen-bond acceptors (Lipinski definition) is 3. The molecule has 4 nitrogen and oxygen atoms in total. The highest BCUT2D eigenvalue weighted by Crippen LogP contribution is 2.31. The average Bonchev–Trinajstić information content (AvgIpc) is 3.00. The minimum absolute atomic E-state index is 0.280. The van der Waals surface area contributed by atoms with E-state index >= 15 is 0 Å². The first-order chi connectivity index (χ1) is 20.6. The summed E-state index contributed by atoms with van der Waals surface area (Å²) in [4.78, 5) is 11.5. The Hall–Kier alpha value is -3.01. The van der Waals surface area contributed by atoms with Crippen molar-refractivity contribution in [3.63, 3.8) is 0 Å². The second-order valence-electron chi connectivity index (χ2n) is 11.3. The van der Waals surface area contributed by atoms with Crippen molar-refractivity contribution in [2.24, 2.45) is 0 Å². The van der Waals surface area contributed by atoms with Crippen LogP contribution in [-0.4, -0.2) is 24.3 Å². The standard InChI is InChI=1S/C38H56O4/c1-4-7-9-11-13-15-17-19-27-41-36-26-25-32(30-37(36)42-28-20-18-16-14-12-10-8-5-2)29-33(22-6-3)34-23-21-24-35(31-34)38(39)40/h6,21-26,29-31H,4-5,7-20,27-28H2,1-3H3,(H,39,40)/b22-6?,33-29-. The van der Waals surface area contributed by atoms with Gasteiger partial charge in [-0.1, -0.05) is 134 Å². The van der Waals surface area contributed by atoms with Crippen LogP contribution in [0.3, 0.4) is 0 Å². The molecule has 42 heavy (non-hydrogen) atoms. The smallest absolute Gasteiger partial charge is 0.335 e. The van der Waals surface area contributed by atoms with Crippen molar-refractivity contribution in [1.29, 1.82) is 0 Å². The van der Waals surface area contributed by atoms with Crippen molar-refractivity contribution in [3.05, 3.63) is 71.3 Å². The largest absolute Gasteiger partial charge is 0.490 e. The Balaban J connectivity index is 2.06. The molecule has 0 fully saturated rings. The van der Waals surface area contributed by atoms with Gasteiger partial charge in [-0.2, -0.15) is 0 Å². The quantitative estimate of drug-likeness (QED) is 0.0767. The Morgan fingerprint density at radius 3 is 1.74 bits per heavy atom. The van der Waals surface area contributed by atoms with Crippen molar-refractivity contribution >= 4 is 17.6 Å². The Morgan fingerprint density at radius 1 is 0.667 bits per heavy atom. The first-order valence-electron chi connectivity index (χ1n) is 16.7. The number of carbonyl (C=O) groups is 1. The second-order valence-corrected chi connectivity index (χ2v) is 11.3. The van der Waals surface area contributed by atoms with Crippen molar-refractivity contribution < 1.29 is 19.4 Å². The lowest BCUT2D eigenvalue weighted by atomic mass is 10.00. The van der Waals surface area contributed by atoms with Crippen molar-refractivity contribution in [1.82, 2.24) is 0 Å². The molecule has 0 unspecified atom stereocenters. The molecule has 0 aliphatic rings. The summed E-state index contributed by atoms with van der Waals surface area (Å²) in [7, 11) is 0. The molecular weight excluding hydrogens is 520 g/mol. The maximum atomic E-state index is 11.5. The van der Waals surface area contributed by atoms with Crippen LogP contribution in [0.25, 0.3) is 11.6 Å². The van der Waals surface area contributed by atoms with E-state index in [0.29, 0.717) is 13.2 Å². The summed E-state index contributed by atoms with van der Waals surface area (Å²) in [6, 6.07) is 13.2. The van der Waals surface area contributed by atoms with Crippen molar-refractivity contribution in [2.45, 2.75) is 124 Å². The number of benzene rings is 2. The third-order valence-corrected chi connectivity index (χ3v) is 7.59. The third kappa shape index (κ3) is 14.8. The van der Waals surface area contributed by atoms with E-state index in [4.69, 9.17) is 9.47 Å². The van der Waals surface area contributed by atoms with Crippen LogP contribution in [0.5, 0.6) is 11.5 Å². The molecule has 0 amide bonds. The summed E-state index contributed by atoms with van der Waals surface area (Å²) in [5.41, 5.74) is 3.09. The topological polar surface area (TPSA) is 55.8 Å². The van der Waals surface area contributed by atoms with Crippen LogP contribution in [0.4, 0.5) is 0 Å². The lowest BCUT2D eigenvalue weighted by molar-refractivity contribution is 0.0697. The molecule has 2 rings (SSSR count). The highest BCUT2D eigenvalue weighted by molar-refractivity contribution is 5.92. The molecule has 0 saturated heterocycles. The molecular formula is C38H56O4. The van der Waals surface area contributed by atoms with Gasteiger partial charge in [0.1, 0.15) is 0 Å². The number of rotatable bonds is 24. The Kier molecular flexibility index (Phi) is 18.9. The summed E-state index contributed by atoms with van der Waals surface area (Å²) in [6.45, 7) is 7.86. The fourth-order valence-electron chi connectivity index (χ4n) is 5.10. The summed E-state index contributed by atoms with van der Waals surface area (Å²) < 4.78 is 12.5. The van der Waals surface area contributed by atoms with Gasteiger partial charge in [0.25, 0.3) is 0 Å². The monoisotopic (exact) mass is 576 g/mol. The number of hydrogen-bond donors (Lipinski definition) is 1. The normalized spacial score (nSPS) is 11.7. The number of ether oxygens (including phenoxy) is 2. The Morgan fingerprint density at radius 2 is 1.19 bits per heavy atom. The van der Waals surface area contributed by atoms with Crippen LogP contribution in [-0.2, 0) is 0 Å². The second kappa shape index (κ2) is 22.6. The van der Waals surface area contributed by atoms with E-state index in [1.165, 1.54) is 89.9 Å². The summed E-state index contributed by atoms with van der Waals surface area (Å²) in [5, 5.41) is 9.46. The van der Waals surface area contributed by atoms with Gasteiger partial charge in [-0.25, -0.2) is 4.79 Å². The number of allylic oxidation sites excluding steroid dienone is 3. The molecule has 1 N–H and O–H groups in total. The van der Waals surface area contributed by atoms with Gasteiger partial charge in [-0.3, -0.25) is 0 Å². The first kappa shape index (κ1) is 35.2. The molecule has 0 radical (unpaired) electrons. The molecule has 0 bridgehead atoms. The lowest BCUT2D eigenvalue weighted by Crippen LogP contribution is -2.03. The van der Waals surface area contributed by atoms with E-state index in [0.717, 1.165) is 41.0 Å². The van der Waals surface area contributed by atoms with Crippen LogP contribution in [0, 0.1) is 0 Å². The predicted octanol–water partition coefficient (Wildman–Crippen LogP) is 11.5. The van der Waals surface area contributed by atoms with E-state index in [9.17, 15) is 9.90 Å². The molecule has 0 saturated carbocycles. The molecule has 232 valence electrons. The van der Waals surface area contributed by atoms with E-state index < -0.39 is 5.97 Å². The number of aromatic carboxylic acids is 1. The molecule has 0 atom stereocenters. The summed E-state index contributed by atoms with van der Waals surface area (Å²) in [5.74, 6) is 0.659. The molecule has 0 aliphatic carbocycles. The molecule has 4 heteroatoms. The zero-order valence-electron chi connectivity index (χ0n) is 26.7. The van der Waals surface area contributed by atoms with Gasteiger partial charge in [-0.15, -0.1) is 0 Å². The average molecular weight is 577 g/mol. The number of carboxylic acid groups (broad SMARTS) is 1. The highest BCUT2D eigenvalue weighted by atomic mass is 16.5. The molecule has 0 aromatic heterocycles. The molecule has 2 aromatic rings. The van der Waals surface area contributed by atoms with Gasteiger partial charge in [0.2, 0.25) is 0 Å². The molecule has 0 spiro atoms. The van der Waals surface area contributed by atoms with Crippen molar-refractivity contribution in [2.75, 3.05) is 13.2 Å². The van der Waals surface area contributed by atoms with Gasteiger partial charge in [0, 0.05) is 0 Å². The Labute approximate surface area is 256 Å². The summed E-state index contributed by atoms with van der Waals surface area (Å²) >= 11 is 0. The molecule has 0 aliphatic heterocycles. The van der Waals surface area contributed by atoms with Gasteiger partial charge in [0.15, 0.2) is 11.5 Å². The molecule has 0 heterocycles. The third-order valence-electron chi connectivity index (χ3n) is 7.59. The minimum Gasteiger partial charge on any atom is -0.490 e. The zero-order chi connectivity index (χ0) is 30.3. The number of unbranched alkanes of at least 4 members (excludes halogenated alkanes) is 14. The van der Waals surface area contributed by atoms with E-state index in [2.05, 4.69) is 32.1 Å². The Bertz CT molecular complexity index is 1070. The minimum atomic E-state index is -0.925. The van der Waals surface area contributed by atoms with Gasteiger partial charge in [-0.05, 0) is 66.8 Å². The summed E-state index contributed by atoms with van der Waals surface area (Å²) in [6.07, 6.45) is 26.4. The maximum absolute atomic E-state index is 11.5.